The van der Waals surface area contributed by atoms with Gasteiger partial charge in [0.15, 0.2) is 0 Å². The van der Waals surface area contributed by atoms with Crippen molar-refractivity contribution in [3.8, 4) is 0 Å². The zero-order valence-electron chi connectivity index (χ0n) is 7.75. The van der Waals surface area contributed by atoms with Gasteiger partial charge < -0.3 is 0 Å². The van der Waals surface area contributed by atoms with Gasteiger partial charge in [-0.1, -0.05) is 18.2 Å². The second-order valence-corrected chi connectivity index (χ2v) is 5.63. The highest BCUT2D eigenvalue weighted by Gasteiger charge is 2.35. The van der Waals surface area contributed by atoms with Gasteiger partial charge in [-0.25, -0.2) is 0 Å². The molecule has 1 aliphatic rings. The molecule has 1 aromatic rings. The molecule has 0 aliphatic carbocycles. The third kappa shape index (κ3) is 2.84. The Balaban J connectivity index is 2.22. The van der Waals surface area contributed by atoms with Gasteiger partial charge in [0, 0.05) is 10.1 Å². The van der Waals surface area contributed by atoms with E-state index in [0.29, 0.717) is 6.42 Å². The summed E-state index contributed by atoms with van der Waals surface area (Å²) in [5, 5.41) is -0.428. The number of thioether (sulfide) groups is 2. The van der Waals surface area contributed by atoms with Crippen molar-refractivity contribution in [3.63, 3.8) is 0 Å². The van der Waals surface area contributed by atoms with E-state index in [1.54, 1.807) is 23.9 Å². The van der Waals surface area contributed by atoms with E-state index in [2.05, 4.69) is 0 Å². The van der Waals surface area contributed by atoms with Crippen LogP contribution in [0.1, 0.15) is 17.2 Å². The molecule has 0 unspecified atom stereocenters. The smallest absolute Gasteiger partial charge is 0.160 e. The van der Waals surface area contributed by atoms with E-state index in [1.165, 1.54) is 0 Å². The number of hydrogen-bond acceptors (Lipinski definition) is 2. The molecule has 0 saturated carbocycles. The molecule has 0 radical (unpaired) electrons. The molecule has 2 rings (SSSR count). The molecule has 1 atom stereocenters. The van der Waals surface area contributed by atoms with Crippen LogP contribution in [0.5, 0.6) is 0 Å². The summed E-state index contributed by atoms with van der Waals surface area (Å²) in [6.45, 7) is 0. The number of halogens is 3. The van der Waals surface area contributed by atoms with Crippen molar-refractivity contribution in [2.24, 2.45) is 0 Å². The van der Waals surface area contributed by atoms with Gasteiger partial charge in [-0.15, -0.1) is 11.8 Å². The SMILES string of the molecule is FC(F)(F)S[C@@H]1CCSc2ccccc21. The largest absolute Gasteiger partial charge is 0.442 e. The van der Waals surface area contributed by atoms with E-state index < -0.39 is 10.8 Å². The lowest BCUT2D eigenvalue weighted by Crippen LogP contribution is -2.10. The van der Waals surface area contributed by atoms with E-state index in [1.807, 2.05) is 12.1 Å². The van der Waals surface area contributed by atoms with Gasteiger partial charge in [0.25, 0.3) is 0 Å². The minimum absolute atomic E-state index is 0.107. The third-order valence-corrected chi connectivity index (χ3v) is 4.34. The van der Waals surface area contributed by atoms with Gasteiger partial charge in [-0.3, -0.25) is 0 Å². The van der Waals surface area contributed by atoms with Crippen LogP contribution >= 0.6 is 23.5 Å². The van der Waals surface area contributed by atoms with Crippen LogP contribution in [0.4, 0.5) is 13.2 Å². The van der Waals surface area contributed by atoms with Crippen LogP contribution in [-0.2, 0) is 0 Å². The molecule has 0 fully saturated rings. The first kappa shape index (κ1) is 11.2. The van der Waals surface area contributed by atoms with Crippen molar-refractivity contribution >= 4 is 23.5 Å². The fourth-order valence-corrected chi connectivity index (χ4v) is 3.83. The van der Waals surface area contributed by atoms with Crippen LogP contribution in [-0.4, -0.2) is 11.3 Å². The van der Waals surface area contributed by atoms with E-state index in [4.69, 9.17) is 0 Å². The standard InChI is InChI=1S/C10H9F3S2/c11-10(12,13)15-9-5-6-14-8-4-2-1-3-7(8)9/h1-4,9H,5-6H2/t9-/m1/s1. The highest BCUT2D eigenvalue weighted by molar-refractivity contribution is 8.01. The molecule has 0 nitrogen and oxygen atoms in total. The van der Waals surface area contributed by atoms with E-state index in [-0.39, 0.29) is 11.8 Å². The normalized spacial score (nSPS) is 21.1. The van der Waals surface area contributed by atoms with Crippen molar-refractivity contribution in [1.29, 1.82) is 0 Å². The van der Waals surface area contributed by atoms with E-state index in [0.717, 1.165) is 16.2 Å². The molecule has 0 bridgehead atoms. The lowest BCUT2D eigenvalue weighted by Gasteiger charge is -2.24. The van der Waals surface area contributed by atoms with Crippen molar-refractivity contribution in [2.75, 3.05) is 5.75 Å². The molecule has 15 heavy (non-hydrogen) atoms. The molecule has 0 saturated heterocycles. The zero-order chi connectivity index (χ0) is 10.9. The first-order valence-corrected chi connectivity index (χ1v) is 6.39. The maximum absolute atomic E-state index is 12.3. The number of alkyl halides is 3. The first-order chi connectivity index (χ1) is 7.06. The average molecular weight is 250 g/mol. The monoisotopic (exact) mass is 250 g/mol. The molecule has 1 heterocycles. The molecule has 1 aromatic carbocycles. The summed E-state index contributed by atoms with van der Waals surface area (Å²) in [5.74, 6) is 0.769. The highest BCUT2D eigenvalue weighted by atomic mass is 32.2. The minimum atomic E-state index is -4.14. The van der Waals surface area contributed by atoms with Crippen molar-refractivity contribution in [2.45, 2.75) is 22.1 Å². The van der Waals surface area contributed by atoms with E-state index >= 15 is 0 Å². The Morgan fingerprint density at radius 2 is 2.00 bits per heavy atom. The fourth-order valence-electron chi connectivity index (χ4n) is 1.59. The first-order valence-electron chi connectivity index (χ1n) is 4.52. The molecule has 1 aliphatic heterocycles. The van der Waals surface area contributed by atoms with Gasteiger partial charge in [-0.2, -0.15) is 13.2 Å². The molecular formula is C10H9F3S2. The summed E-state index contributed by atoms with van der Waals surface area (Å²) in [6.07, 6.45) is 0.589. The Hall–Kier alpha value is -0.290. The molecule has 0 amide bonds. The summed E-state index contributed by atoms with van der Waals surface area (Å²) in [7, 11) is 0. The Kier molecular flexibility index (Phi) is 3.21. The van der Waals surface area contributed by atoms with Crippen LogP contribution in [0.15, 0.2) is 29.2 Å². The van der Waals surface area contributed by atoms with Crippen LogP contribution in [0.2, 0.25) is 0 Å². The van der Waals surface area contributed by atoms with Crippen molar-refractivity contribution in [1.82, 2.24) is 0 Å². The predicted octanol–water partition coefficient (Wildman–Crippen LogP) is 4.48. The molecule has 0 N–H and O–H groups in total. The predicted molar refractivity (Wildman–Crippen MR) is 58.2 cm³/mol. The molecule has 0 aromatic heterocycles. The number of benzene rings is 1. The Morgan fingerprint density at radius 3 is 2.73 bits per heavy atom. The fraction of sp³-hybridized carbons (Fsp3) is 0.400. The number of rotatable bonds is 1. The molecule has 82 valence electrons. The molecular weight excluding hydrogens is 241 g/mol. The minimum Gasteiger partial charge on any atom is -0.160 e. The average Bonchev–Trinajstić information content (AvgIpc) is 2.16. The van der Waals surface area contributed by atoms with Crippen LogP contribution in [0.3, 0.4) is 0 Å². The van der Waals surface area contributed by atoms with Crippen LogP contribution in [0, 0.1) is 0 Å². The van der Waals surface area contributed by atoms with Crippen molar-refractivity contribution in [3.05, 3.63) is 29.8 Å². The Morgan fingerprint density at radius 1 is 1.27 bits per heavy atom. The molecule has 0 spiro atoms. The quantitative estimate of drug-likeness (QED) is 0.721. The summed E-state index contributed by atoms with van der Waals surface area (Å²) in [5.41, 5.74) is -3.31. The second kappa shape index (κ2) is 4.29. The van der Waals surface area contributed by atoms with Gasteiger partial charge in [0.2, 0.25) is 0 Å². The van der Waals surface area contributed by atoms with E-state index in [9.17, 15) is 13.2 Å². The summed E-state index contributed by atoms with van der Waals surface area (Å²) in [4.78, 5) is 0.991. The number of fused-ring (bicyclic) bond motifs is 1. The zero-order valence-corrected chi connectivity index (χ0v) is 9.38. The lowest BCUT2D eigenvalue weighted by molar-refractivity contribution is -0.0334. The van der Waals surface area contributed by atoms with Gasteiger partial charge >= 0.3 is 5.51 Å². The topological polar surface area (TPSA) is 0 Å². The van der Waals surface area contributed by atoms with Crippen molar-refractivity contribution < 1.29 is 13.2 Å². The summed E-state index contributed by atoms with van der Waals surface area (Å²) >= 11 is 1.74. The number of hydrogen-bond donors (Lipinski definition) is 0. The summed E-state index contributed by atoms with van der Waals surface area (Å²) < 4.78 is 36.9. The third-order valence-electron chi connectivity index (χ3n) is 2.18. The molecule has 5 heteroatoms. The summed E-state index contributed by atoms with van der Waals surface area (Å²) in [6, 6.07) is 7.36. The Labute approximate surface area is 94.6 Å². The maximum atomic E-state index is 12.3. The Bertz CT molecular complexity index is 349. The van der Waals surface area contributed by atoms with Gasteiger partial charge in [-0.05, 0) is 35.6 Å². The van der Waals surface area contributed by atoms with Crippen LogP contribution in [0.25, 0.3) is 0 Å². The van der Waals surface area contributed by atoms with Gasteiger partial charge in [0.05, 0.1) is 0 Å². The lowest BCUT2D eigenvalue weighted by atomic mass is 10.1. The second-order valence-electron chi connectivity index (χ2n) is 3.23. The van der Waals surface area contributed by atoms with Gasteiger partial charge in [0.1, 0.15) is 0 Å². The maximum Gasteiger partial charge on any atom is 0.442 e. The van der Waals surface area contributed by atoms with Crippen LogP contribution < -0.4 is 0 Å². The highest BCUT2D eigenvalue weighted by Crippen LogP contribution is 2.49.